The van der Waals surface area contributed by atoms with Crippen LogP contribution >= 0.6 is 0 Å². The third kappa shape index (κ3) is 5.43. The fourth-order valence-corrected chi connectivity index (χ4v) is 1.95. The molecule has 0 saturated carbocycles. The van der Waals surface area contributed by atoms with Gasteiger partial charge >= 0.3 is 5.97 Å². The van der Waals surface area contributed by atoms with Gasteiger partial charge in [-0.05, 0) is 12.0 Å². The Morgan fingerprint density at radius 3 is 2.45 bits per heavy atom. The van der Waals surface area contributed by atoms with Crippen molar-refractivity contribution in [3.8, 4) is 0 Å². The molecule has 20 heavy (non-hydrogen) atoms. The molecule has 0 aliphatic heterocycles. The SMILES string of the molecule is CCCCC(=O)N(Cc1ccccc1)CC(C)C(=O)O. The molecule has 0 aromatic heterocycles. The first-order chi connectivity index (χ1) is 9.54. The summed E-state index contributed by atoms with van der Waals surface area (Å²) >= 11 is 0. The van der Waals surface area contributed by atoms with Crippen LogP contribution < -0.4 is 0 Å². The Kier molecular flexibility index (Phi) is 6.77. The van der Waals surface area contributed by atoms with Gasteiger partial charge in [0.05, 0.1) is 5.92 Å². The largest absolute Gasteiger partial charge is 0.481 e. The molecule has 1 rings (SSSR count). The Morgan fingerprint density at radius 2 is 1.90 bits per heavy atom. The van der Waals surface area contributed by atoms with Crippen LogP contribution in [-0.2, 0) is 16.1 Å². The standard InChI is InChI=1S/C16H23NO3/c1-3-4-10-15(18)17(11-13(2)16(19)20)12-14-8-6-5-7-9-14/h5-9,13H,3-4,10-12H2,1-2H3,(H,19,20). The molecule has 1 amide bonds. The minimum Gasteiger partial charge on any atom is -0.481 e. The van der Waals surface area contributed by atoms with Crippen LogP contribution in [0, 0.1) is 5.92 Å². The number of carbonyl (C=O) groups is 2. The molecule has 0 bridgehead atoms. The third-order valence-electron chi connectivity index (χ3n) is 3.23. The number of hydrogen-bond acceptors (Lipinski definition) is 2. The van der Waals surface area contributed by atoms with Crippen LogP contribution in [0.5, 0.6) is 0 Å². The topological polar surface area (TPSA) is 57.6 Å². The van der Waals surface area contributed by atoms with Gasteiger partial charge in [0.1, 0.15) is 0 Å². The molecule has 1 aromatic carbocycles. The van der Waals surface area contributed by atoms with Crippen molar-refractivity contribution in [1.29, 1.82) is 0 Å². The molecule has 0 saturated heterocycles. The van der Waals surface area contributed by atoms with Gasteiger partial charge in [0.15, 0.2) is 0 Å². The van der Waals surface area contributed by atoms with Crippen LogP contribution in [0.25, 0.3) is 0 Å². The molecule has 0 fully saturated rings. The second-order valence-corrected chi connectivity index (χ2v) is 5.10. The number of carboxylic acid groups (broad SMARTS) is 1. The van der Waals surface area contributed by atoms with Crippen molar-refractivity contribution in [2.75, 3.05) is 6.54 Å². The Bertz CT molecular complexity index is 431. The fraction of sp³-hybridized carbons (Fsp3) is 0.500. The lowest BCUT2D eigenvalue weighted by Crippen LogP contribution is -2.36. The third-order valence-corrected chi connectivity index (χ3v) is 3.23. The molecule has 1 aromatic rings. The van der Waals surface area contributed by atoms with E-state index in [9.17, 15) is 9.59 Å². The van der Waals surface area contributed by atoms with Gasteiger partial charge in [-0.15, -0.1) is 0 Å². The van der Waals surface area contributed by atoms with Gasteiger partial charge in [-0.2, -0.15) is 0 Å². The van der Waals surface area contributed by atoms with Crippen molar-refractivity contribution in [3.63, 3.8) is 0 Å². The summed E-state index contributed by atoms with van der Waals surface area (Å²) in [6.45, 7) is 4.40. The Morgan fingerprint density at radius 1 is 1.25 bits per heavy atom. The normalized spacial score (nSPS) is 11.9. The summed E-state index contributed by atoms with van der Waals surface area (Å²) in [5.41, 5.74) is 1.02. The zero-order chi connectivity index (χ0) is 15.0. The van der Waals surface area contributed by atoms with E-state index in [1.165, 1.54) is 0 Å². The van der Waals surface area contributed by atoms with E-state index in [2.05, 4.69) is 0 Å². The maximum absolute atomic E-state index is 12.2. The van der Waals surface area contributed by atoms with E-state index in [0.29, 0.717) is 13.0 Å². The summed E-state index contributed by atoms with van der Waals surface area (Å²) in [6, 6.07) is 9.67. The maximum Gasteiger partial charge on any atom is 0.308 e. The highest BCUT2D eigenvalue weighted by atomic mass is 16.4. The number of rotatable bonds is 8. The predicted octanol–water partition coefficient (Wildman–Crippen LogP) is 2.93. The molecule has 0 aliphatic carbocycles. The molecule has 4 heteroatoms. The van der Waals surface area contributed by atoms with Gasteiger partial charge in [0.2, 0.25) is 5.91 Å². The molecule has 1 atom stereocenters. The first-order valence-corrected chi connectivity index (χ1v) is 7.09. The second kappa shape index (κ2) is 8.35. The summed E-state index contributed by atoms with van der Waals surface area (Å²) in [6.07, 6.45) is 2.28. The molecule has 0 radical (unpaired) electrons. The number of hydrogen-bond donors (Lipinski definition) is 1. The monoisotopic (exact) mass is 277 g/mol. The summed E-state index contributed by atoms with van der Waals surface area (Å²) < 4.78 is 0. The summed E-state index contributed by atoms with van der Waals surface area (Å²) in [7, 11) is 0. The quantitative estimate of drug-likeness (QED) is 0.795. The molecule has 0 heterocycles. The van der Waals surface area contributed by atoms with Gasteiger partial charge in [0.25, 0.3) is 0 Å². The molecule has 1 N–H and O–H groups in total. The summed E-state index contributed by atoms with van der Waals surface area (Å²) in [5.74, 6) is -1.39. The van der Waals surface area contributed by atoms with E-state index in [1.54, 1.807) is 11.8 Å². The van der Waals surface area contributed by atoms with Crippen molar-refractivity contribution in [1.82, 2.24) is 4.90 Å². The van der Waals surface area contributed by atoms with Crippen molar-refractivity contribution in [2.24, 2.45) is 5.92 Å². The van der Waals surface area contributed by atoms with Crippen LogP contribution in [0.4, 0.5) is 0 Å². The molecule has 110 valence electrons. The smallest absolute Gasteiger partial charge is 0.308 e. The van der Waals surface area contributed by atoms with Crippen LogP contribution in [0.2, 0.25) is 0 Å². The van der Waals surface area contributed by atoms with Crippen LogP contribution in [0.3, 0.4) is 0 Å². The highest BCUT2D eigenvalue weighted by molar-refractivity contribution is 5.77. The number of carbonyl (C=O) groups excluding carboxylic acids is 1. The molecule has 0 spiro atoms. The predicted molar refractivity (Wildman–Crippen MR) is 78.2 cm³/mol. The number of amides is 1. The first-order valence-electron chi connectivity index (χ1n) is 7.09. The van der Waals surface area contributed by atoms with Crippen molar-refractivity contribution in [2.45, 2.75) is 39.7 Å². The van der Waals surface area contributed by atoms with E-state index in [-0.39, 0.29) is 12.5 Å². The number of nitrogens with zero attached hydrogens (tertiary/aromatic N) is 1. The van der Waals surface area contributed by atoms with Gasteiger partial charge in [0, 0.05) is 19.5 Å². The van der Waals surface area contributed by atoms with Crippen molar-refractivity contribution < 1.29 is 14.7 Å². The van der Waals surface area contributed by atoms with Crippen LogP contribution in [0.15, 0.2) is 30.3 Å². The van der Waals surface area contributed by atoms with Gasteiger partial charge in [-0.25, -0.2) is 0 Å². The number of benzene rings is 1. The van der Waals surface area contributed by atoms with Gasteiger partial charge in [-0.1, -0.05) is 50.6 Å². The Labute approximate surface area is 120 Å². The lowest BCUT2D eigenvalue weighted by Gasteiger charge is -2.24. The van der Waals surface area contributed by atoms with E-state index in [1.807, 2.05) is 37.3 Å². The second-order valence-electron chi connectivity index (χ2n) is 5.10. The van der Waals surface area contributed by atoms with Gasteiger partial charge < -0.3 is 10.0 Å². The van der Waals surface area contributed by atoms with Gasteiger partial charge in [-0.3, -0.25) is 9.59 Å². The zero-order valence-electron chi connectivity index (χ0n) is 12.2. The van der Waals surface area contributed by atoms with E-state index >= 15 is 0 Å². The average molecular weight is 277 g/mol. The molecule has 4 nitrogen and oxygen atoms in total. The summed E-state index contributed by atoms with van der Waals surface area (Å²) in [4.78, 5) is 24.8. The fourth-order valence-electron chi connectivity index (χ4n) is 1.95. The maximum atomic E-state index is 12.2. The molecule has 0 aliphatic rings. The Balaban J connectivity index is 2.73. The van der Waals surface area contributed by atoms with Crippen molar-refractivity contribution >= 4 is 11.9 Å². The average Bonchev–Trinajstić information content (AvgIpc) is 2.44. The first kappa shape index (κ1) is 16.2. The zero-order valence-corrected chi connectivity index (χ0v) is 12.2. The van der Waals surface area contributed by atoms with E-state index in [0.717, 1.165) is 18.4 Å². The number of unbranched alkanes of at least 4 members (excludes halogenated alkanes) is 1. The minimum atomic E-state index is -0.869. The van der Waals surface area contributed by atoms with E-state index < -0.39 is 11.9 Å². The van der Waals surface area contributed by atoms with Crippen molar-refractivity contribution in [3.05, 3.63) is 35.9 Å². The Hall–Kier alpha value is -1.84. The number of aliphatic carboxylic acids is 1. The lowest BCUT2D eigenvalue weighted by molar-refractivity contribution is -0.143. The highest BCUT2D eigenvalue weighted by Gasteiger charge is 2.20. The summed E-state index contributed by atoms with van der Waals surface area (Å²) in [5, 5.41) is 9.02. The molecule has 1 unspecified atom stereocenters. The minimum absolute atomic E-state index is 0.0313. The van der Waals surface area contributed by atoms with Crippen LogP contribution in [0.1, 0.15) is 38.7 Å². The van der Waals surface area contributed by atoms with Crippen LogP contribution in [-0.4, -0.2) is 28.4 Å². The lowest BCUT2D eigenvalue weighted by atomic mass is 10.1. The molecular weight excluding hydrogens is 254 g/mol. The number of carboxylic acids is 1. The van der Waals surface area contributed by atoms with E-state index in [4.69, 9.17) is 5.11 Å². The molecular formula is C16H23NO3. The highest BCUT2D eigenvalue weighted by Crippen LogP contribution is 2.11.